The van der Waals surface area contributed by atoms with Crippen molar-refractivity contribution in [1.29, 1.82) is 0 Å². The van der Waals surface area contributed by atoms with Gasteiger partial charge in [-0.2, -0.15) is 0 Å². The first kappa shape index (κ1) is 14.9. The Hall–Kier alpha value is -1.45. The summed E-state index contributed by atoms with van der Waals surface area (Å²) in [6.45, 7) is 2.64. The van der Waals surface area contributed by atoms with Crippen LogP contribution in [0.5, 0.6) is 0 Å². The van der Waals surface area contributed by atoms with E-state index in [0.717, 1.165) is 6.42 Å². The molecule has 20 heavy (non-hydrogen) atoms. The fourth-order valence-corrected chi connectivity index (χ4v) is 2.40. The van der Waals surface area contributed by atoms with Crippen LogP contribution in [0.4, 0.5) is 8.78 Å². The Morgan fingerprint density at radius 1 is 1.05 bits per heavy atom. The lowest BCUT2D eigenvalue weighted by Crippen LogP contribution is -2.25. The number of hydrogen-bond acceptors (Lipinski definition) is 1. The van der Waals surface area contributed by atoms with E-state index in [1.165, 1.54) is 18.2 Å². The van der Waals surface area contributed by atoms with Gasteiger partial charge in [0.15, 0.2) is 0 Å². The minimum Gasteiger partial charge on any atom is -0.306 e. The highest BCUT2D eigenvalue weighted by Crippen LogP contribution is 2.31. The van der Waals surface area contributed by atoms with E-state index in [2.05, 4.69) is 5.32 Å². The van der Waals surface area contributed by atoms with Crippen LogP contribution in [-0.4, -0.2) is 6.54 Å². The summed E-state index contributed by atoms with van der Waals surface area (Å²) in [5, 5.41) is 3.65. The monoisotopic (exact) mass is 295 g/mol. The fourth-order valence-electron chi connectivity index (χ4n) is 2.15. The molecule has 2 aromatic carbocycles. The fraction of sp³-hybridized carbons (Fsp3) is 0.250. The topological polar surface area (TPSA) is 12.0 Å². The van der Waals surface area contributed by atoms with Gasteiger partial charge in [-0.25, -0.2) is 8.78 Å². The zero-order valence-corrected chi connectivity index (χ0v) is 11.9. The highest BCUT2D eigenvalue weighted by molar-refractivity contribution is 6.31. The van der Waals surface area contributed by atoms with Crippen LogP contribution in [-0.2, 0) is 0 Å². The number of benzene rings is 2. The molecule has 0 fully saturated rings. The molecule has 0 spiro atoms. The summed E-state index contributed by atoms with van der Waals surface area (Å²) in [7, 11) is 0. The summed E-state index contributed by atoms with van der Waals surface area (Å²) in [5.74, 6) is -1.14. The van der Waals surface area contributed by atoms with Crippen molar-refractivity contribution in [2.45, 2.75) is 19.4 Å². The van der Waals surface area contributed by atoms with E-state index >= 15 is 0 Å². The molecule has 0 aliphatic heterocycles. The van der Waals surface area contributed by atoms with Gasteiger partial charge in [0, 0.05) is 10.6 Å². The average Bonchev–Trinajstić information content (AvgIpc) is 2.43. The van der Waals surface area contributed by atoms with Crippen LogP contribution in [0.1, 0.15) is 30.5 Å². The van der Waals surface area contributed by atoms with Crippen molar-refractivity contribution in [3.63, 3.8) is 0 Å². The predicted octanol–water partition coefficient (Wildman–Crippen LogP) is 4.71. The summed E-state index contributed by atoms with van der Waals surface area (Å²) in [4.78, 5) is 0. The van der Waals surface area contributed by atoms with Gasteiger partial charge >= 0.3 is 0 Å². The van der Waals surface area contributed by atoms with Crippen molar-refractivity contribution in [2.24, 2.45) is 0 Å². The SMILES string of the molecule is CCCNC(c1ccccc1Cl)c1c(F)cccc1F. The van der Waals surface area contributed by atoms with Crippen LogP contribution in [0.25, 0.3) is 0 Å². The molecule has 4 heteroatoms. The lowest BCUT2D eigenvalue weighted by atomic mass is 9.97. The maximum absolute atomic E-state index is 14.0. The molecule has 0 aliphatic carbocycles. The first-order chi connectivity index (χ1) is 9.65. The van der Waals surface area contributed by atoms with Crippen molar-refractivity contribution in [1.82, 2.24) is 5.32 Å². The van der Waals surface area contributed by atoms with Crippen LogP contribution < -0.4 is 5.32 Å². The maximum Gasteiger partial charge on any atom is 0.131 e. The quantitative estimate of drug-likeness (QED) is 0.842. The third-order valence-corrected chi connectivity index (χ3v) is 3.45. The number of hydrogen-bond donors (Lipinski definition) is 1. The summed E-state index contributed by atoms with van der Waals surface area (Å²) >= 11 is 6.17. The van der Waals surface area contributed by atoms with E-state index in [1.807, 2.05) is 6.92 Å². The summed E-state index contributed by atoms with van der Waals surface area (Å²) in [5.41, 5.74) is 0.681. The van der Waals surface area contributed by atoms with Gasteiger partial charge in [-0.05, 0) is 36.7 Å². The Morgan fingerprint density at radius 3 is 2.30 bits per heavy atom. The van der Waals surface area contributed by atoms with Crippen molar-refractivity contribution in [2.75, 3.05) is 6.54 Å². The highest BCUT2D eigenvalue weighted by atomic mass is 35.5. The first-order valence-corrected chi connectivity index (χ1v) is 6.94. The van der Waals surface area contributed by atoms with E-state index in [-0.39, 0.29) is 5.56 Å². The van der Waals surface area contributed by atoms with Gasteiger partial charge < -0.3 is 5.32 Å². The largest absolute Gasteiger partial charge is 0.306 e. The van der Waals surface area contributed by atoms with Crippen LogP contribution >= 0.6 is 11.6 Å². The molecular weight excluding hydrogens is 280 g/mol. The molecule has 0 bridgehead atoms. The molecule has 0 heterocycles. The second kappa shape index (κ2) is 6.82. The molecule has 1 N–H and O–H groups in total. The second-order valence-corrected chi connectivity index (χ2v) is 4.95. The normalized spacial score (nSPS) is 12.4. The molecule has 0 radical (unpaired) electrons. The third-order valence-electron chi connectivity index (χ3n) is 3.10. The summed E-state index contributed by atoms with van der Waals surface area (Å²) in [6.07, 6.45) is 0.858. The van der Waals surface area contributed by atoms with Crippen molar-refractivity contribution in [3.8, 4) is 0 Å². The number of rotatable bonds is 5. The molecule has 106 valence electrons. The van der Waals surface area contributed by atoms with E-state index < -0.39 is 17.7 Å². The second-order valence-electron chi connectivity index (χ2n) is 4.54. The molecule has 2 aromatic rings. The number of halogens is 3. The predicted molar refractivity (Wildman–Crippen MR) is 77.9 cm³/mol. The molecule has 0 aromatic heterocycles. The summed E-state index contributed by atoms with van der Waals surface area (Å²) in [6, 6.07) is 10.4. The van der Waals surface area contributed by atoms with Gasteiger partial charge in [-0.1, -0.05) is 42.8 Å². The Labute approximate surface area is 122 Å². The van der Waals surface area contributed by atoms with Gasteiger partial charge in [0.05, 0.1) is 6.04 Å². The first-order valence-electron chi connectivity index (χ1n) is 6.56. The minimum atomic E-state index is -0.593. The van der Waals surface area contributed by atoms with Gasteiger partial charge in [0.2, 0.25) is 0 Å². The Bertz CT molecular complexity index is 566. The van der Waals surface area contributed by atoms with E-state index in [4.69, 9.17) is 11.6 Å². The molecule has 0 saturated carbocycles. The molecule has 0 aliphatic rings. The lowest BCUT2D eigenvalue weighted by Gasteiger charge is -2.21. The van der Waals surface area contributed by atoms with Crippen molar-refractivity contribution in [3.05, 3.63) is 70.2 Å². The van der Waals surface area contributed by atoms with Crippen LogP contribution in [0.2, 0.25) is 5.02 Å². The van der Waals surface area contributed by atoms with Crippen molar-refractivity contribution >= 4 is 11.6 Å². The molecule has 0 amide bonds. The molecule has 2 rings (SSSR count). The Kier molecular flexibility index (Phi) is 5.10. The van der Waals surface area contributed by atoms with Gasteiger partial charge in [0.1, 0.15) is 11.6 Å². The third kappa shape index (κ3) is 3.17. The van der Waals surface area contributed by atoms with Crippen LogP contribution in [0.15, 0.2) is 42.5 Å². The average molecular weight is 296 g/mol. The number of nitrogens with one attached hydrogen (secondary N) is 1. The van der Waals surface area contributed by atoms with Crippen LogP contribution in [0, 0.1) is 11.6 Å². The molecule has 1 atom stereocenters. The Balaban J connectivity index is 2.50. The minimum absolute atomic E-state index is 0.00838. The molecule has 0 saturated heterocycles. The smallest absolute Gasteiger partial charge is 0.131 e. The van der Waals surface area contributed by atoms with Crippen molar-refractivity contribution < 1.29 is 8.78 Å². The summed E-state index contributed by atoms with van der Waals surface area (Å²) < 4.78 is 28.0. The van der Waals surface area contributed by atoms with Gasteiger partial charge in [-0.3, -0.25) is 0 Å². The molecule has 1 unspecified atom stereocenters. The maximum atomic E-state index is 14.0. The van der Waals surface area contributed by atoms with Crippen LogP contribution in [0.3, 0.4) is 0 Å². The zero-order chi connectivity index (χ0) is 14.5. The highest BCUT2D eigenvalue weighted by Gasteiger charge is 2.22. The standard InChI is InChI=1S/C16H16ClF2N/c1-2-10-20-16(11-6-3-4-7-12(11)17)15-13(18)8-5-9-14(15)19/h3-9,16,20H,2,10H2,1H3. The lowest BCUT2D eigenvalue weighted by molar-refractivity contribution is 0.503. The van der Waals surface area contributed by atoms with E-state index in [9.17, 15) is 8.78 Å². The zero-order valence-electron chi connectivity index (χ0n) is 11.2. The Morgan fingerprint density at radius 2 is 1.70 bits per heavy atom. The van der Waals surface area contributed by atoms with E-state index in [1.54, 1.807) is 24.3 Å². The van der Waals surface area contributed by atoms with Gasteiger partial charge in [-0.15, -0.1) is 0 Å². The van der Waals surface area contributed by atoms with Gasteiger partial charge in [0.25, 0.3) is 0 Å². The van der Waals surface area contributed by atoms with E-state index in [0.29, 0.717) is 17.1 Å². The molecular formula is C16H16ClF2N. The molecule has 1 nitrogen and oxygen atoms in total.